The molecule has 1 fully saturated rings. The molecule has 1 amide bonds. The first-order valence-corrected chi connectivity index (χ1v) is 7.81. The molecule has 1 saturated heterocycles. The zero-order valence-corrected chi connectivity index (χ0v) is 14.3. The van der Waals surface area contributed by atoms with Gasteiger partial charge in [0.15, 0.2) is 0 Å². The van der Waals surface area contributed by atoms with Crippen molar-refractivity contribution in [2.45, 2.75) is 45.0 Å². The lowest BCUT2D eigenvalue weighted by Gasteiger charge is -2.22. The minimum Gasteiger partial charge on any atom is -0.444 e. The Bertz CT molecular complexity index is 617. The van der Waals surface area contributed by atoms with Gasteiger partial charge in [0.05, 0.1) is 16.6 Å². The van der Waals surface area contributed by atoms with Crippen LogP contribution in [0.15, 0.2) is 12.3 Å². The highest BCUT2D eigenvalue weighted by Crippen LogP contribution is 2.34. The predicted molar refractivity (Wildman–Crippen MR) is 84.2 cm³/mol. The van der Waals surface area contributed by atoms with Gasteiger partial charge in [-0.1, -0.05) is 11.6 Å². The molecule has 1 aliphatic rings. The van der Waals surface area contributed by atoms with Crippen LogP contribution in [-0.4, -0.2) is 35.8 Å². The largest absolute Gasteiger partial charge is 0.444 e. The number of aromatic nitrogens is 1. The maximum Gasteiger partial charge on any atom is 0.417 e. The van der Waals surface area contributed by atoms with E-state index in [4.69, 9.17) is 16.3 Å². The number of anilines is 1. The quantitative estimate of drug-likeness (QED) is 0.864. The van der Waals surface area contributed by atoms with Crippen LogP contribution in [0.3, 0.4) is 0 Å². The van der Waals surface area contributed by atoms with Gasteiger partial charge in [-0.15, -0.1) is 0 Å². The van der Waals surface area contributed by atoms with Gasteiger partial charge in [-0.25, -0.2) is 9.78 Å². The number of hydrogen-bond donors (Lipinski definition) is 1. The van der Waals surface area contributed by atoms with Crippen LogP contribution < -0.4 is 10.2 Å². The number of pyridine rings is 1. The average molecular weight is 366 g/mol. The van der Waals surface area contributed by atoms with Gasteiger partial charge in [-0.3, -0.25) is 0 Å². The molecule has 9 heteroatoms. The molecule has 24 heavy (non-hydrogen) atoms. The molecular formula is C15H19ClF3N3O2. The number of nitrogens with one attached hydrogen (secondary N) is 1. The third-order valence-corrected chi connectivity index (χ3v) is 3.64. The van der Waals surface area contributed by atoms with Crippen LogP contribution >= 0.6 is 11.6 Å². The lowest BCUT2D eigenvalue weighted by molar-refractivity contribution is -0.137. The van der Waals surface area contributed by atoms with Crippen molar-refractivity contribution >= 4 is 23.5 Å². The Hall–Kier alpha value is -1.70. The van der Waals surface area contributed by atoms with E-state index in [-0.39, 0.29) is 16.9 Å². The first-order valence-electron chi connectivity index (χ1n) is 7.43. The standard InChI is InChI=1S/C15H19ClF3N3O2/c1-14(2,3)24-13(23)21-10-4-5-22(8-10)12-11(16)6-9(7-20-12)15(17,18)19/h6-7,10H,4-5,8H2,1-3H3,(H,21,23)/t10-/m1/s1. The molecule has 0 unspecified atom stereocenters. The van der Waals surface area contributed by atoms with Crippen LogP contribution in [0.1, 0.15) is 32.8 Å². The summed E-state index contributed by atoms with van der Waals surface area (Å²) in [7, 11) is 0. The highest BCUT2D eigenvalue weighted by Gasteiger charge is 2.33. The second-order valence-electron chi connectivity index (χ2n) is 6.61. The van der Waals surface area contributed by atoms with E-state index in [1.54, 1.807) is 25.7 Å². The number of amides is 1. The minimum absolute atomic E-state index is 0.0669. The number of carbonyl (C=O) groups is 1. The van der Waals surface area contributed by atoms with Crippen molar-refractivity contribution in [3.8, 4) is 0 Å². The number of hydrogen-bond acceptors (Lipinski definition) is 4. The molecule has 1 aromatic heterocycles. The molecule has 1 atom stereocenters. The maximum absolute atomic E-state index is 12.6. The number of alkyl carbamates (subject to hydrolysis) is 1. The third-order valence-electron chi connectivity index (χ3n) is 3.36. The van der Waals surface area contributed by atoms with Crippen LogP contribution in [0.25, 0.3) is 0 Å². The summed E-state index contributed by atoms with van der Waals surface area (Å²) >= 11 is 5.94. The molecular weight excluding hydrogens is 347 g/mol. The highest BCUT2D eigenvalue weighted by atomic mass is 35.5. The van der Waals surface area contributed by atoms with E-state index in [0.717, 1.165) is 12.3 Å². The molecule has 0 aliphatic carbocycles. The van der Waals surface area contributed by atoms with E-state index < -0.39 is 23.4 Å². The van der Waals surface area contributed by atoms with Crippen molar-refractivity contribution in [3.63, 3.8) is 0 Å². The molecule has 0 aromatic carbocycles. The fraction of sp³-hybridized carbons (Fsp3) is 0.600. The van der Waals surface area contributed by atoms with Gasteiger partial charge in [-0.05, 0) is 33.3 Å². The van der Waals surface area contributed by atoms with Crippen LogP contribution in [0.4, 0.5) is 23.8 Å². The molecule has 2 rings (SSSR count). The third kappa shape index (κ3) is 4.90. The van der Waals surface area contributed by atoms with Gasteiger partial charge in [0.1, 0.15) is 11.4 Å². The molecule has 0 radical (unpaired) electrons. The van der Waals surface area contributed by atoms with Crippen LogP contribution in [-0.2, 0) is 10.9 Å². The lowest BCUT2D eigenvalue weighted by atomic mass is 10.2. The van der Waals surface area contributed by atoms with Gasteiger partial charge in [-0.2, -0.15) is 13.2 Å². The Kier molecular flexibility index (Phi) is 5.17. The summed E-state index contributed by atoms with van der Waals surface area (Å²) in [5, 5.41) is 2.67. The predicted octanol–water partition coefficient (Wildman–Crippen LogP) is 3.86. The molecule has 0 saturated carbocycles. The zero-order valence-electron chi connectivity index (χ0n) is 13.6. The number of halogens is 4. The van der Waals surface area contributed by atoms with E-state index in [1.165, 1.54) is 0 Å². The van der Waals surface area contributed by atoms with Crippen LogP contribution in [0, 0.1) is 0 Å². The van der Waals surface area contributed by atoms with Crippen molar-refractivity contribution in [1.29, 1.82) is 0 Å². The summed E-state index contributed by atoms with van der Waals surface area (Å²) in [6, 6.07) is 0.679. The Labute approximate surface area is 143 Å². The van der Waals surface area contributed by atoms with E-state index in [9.17, 15) is 18.0 Å². The summed E-state index contributed by atoms with van der Waals surface area (Å²) < 4.78 is 43.1. The van der Waals surface area contributed by atoms with Crippen LogP contribution in [0.5, 0.6) is 0 Å². The molecule has 0 bridgehead atoms. The molecule has 1 N–H and O–H groups in total. The summed E-state index contributed by atoms with van der Waals surface area (Å²) in [4.78, 5) is 17.3. The van der Waals surface area contributed by atoms with Gasteiger partial charge < -0.3 is 15.0 Å². The van der Waals surface area contributed by atoms with Gasteiger partial charge in [0.2, 0.25) is 0 Å². The topological polar surface area (TPSA) is 54.5 Å². The summed E-state index contributed by atoms with van der Waals surface area (Å²) in [5.74, 6) is 0.276. The number of carbonyl (C=O) groups excluding carboxylic acids is 1. The summed E-state index contributed by atoms with van der Waals surface area (Å²) in [5.41, 5.74) is -1.49. The normalized spacial score (nSPS) is 18.6. The SMILES string of the molecule is CC(C)(C)OC(=O)N[C@@H]1CCN(c2ncc(C(F)(F)F)cc2Cl)C1. The average Bonchev–Trinajstić information content (AvgIpc) is 2.83. The lowest BCUT2D eigenvalue weighted by Crippen LogP contribution is -2.40. The van der Waals surface area contributed by atoms with Crippen molar-refractivity contribution in [3.05, 3.63) is 22.8 Å². The number of rotatable bonds is 2. The second-order valence-corrected chi connectivity index (χ2v) is 7.01. The van der Waals surface area contributed by atoms with Crippen molar-refractivity contribution < 1.29 is 22.7 Å². The van der Waals surface area contributed by atoms with E-state index >= 15 is 0 Å². The van der Waals surface area contributed by atoms with Crippen LogP contribution in [0.2, 0.25) is 5.02 Å². The molecule has 5 nitrogen and oxygen atoms in total. The van der Waals surface area contributed by atoms with Gasteiger partial charge in [0.25, 0.3) is 0 Å². The first kappa shape index (κ1) is 18.6. The monoisotopic (exact) mass is 365 g/mol. The number of alkyl halides is 3. The zero-order chi connectivity index (χ0) is 18.1. The summed E-state index contributed by atoms with van der Waals surface area (Å²) in [6.45, 7) is 6.22. The Balaban J connectivity index is 2.00. The number of ether oxygens (including phenoxy) is 1. The summed E-state index contributed by atoms with van der Waals surface area (Å²) in [6.07, 6.45) is -3.63. The molecule has 1 aromatic rings. The highest BCUT2D eigenvalue weighted by molar-refractivity contribution is 6.33. The maximum atomic E-state index is 12.6. The fourth-order valence-corrected chi connectivity index (χ4v) is 2.65. The van der Waals surface area contributed by atoms with E-state index in [1.807, 2.05) is 0 Å². The Morgan fingerprint density at radius 2 is 2.08 bits per heavy atom. The molecule has 0 spiro atoms. The Morgan fingerprint density at radius 1 is 1.42 bits per heavy atom. The fourth-order valence-electron chi connectivity index (χ4n) is 2.36. The van der Waals surface area contributed by atoms with Gasteiger partial charge in [0, 0.05) is 19.3 Å². The van der Waals surface area contributed by atoms with Crippen molar-refractivity contribution in [2.75, 3.05) is 18.0 Å². The molecule has 134 valence electrons. The molecule has 1 aliphatic heterocycles. The minimum atomic E-state index is -4.49. The molecule has 2 heterocycles. The first-order chi connectivity index (χ1) is 11.0. The smallest absolute Gasteiger partial charge is 0.417 e. The van der Waals surface area contributed by atoms with Crippen molar-refractivity contribution in [1.82, 2.24) is 10.3 Å². The van der Waals surface area contributed by atoms with E-state index in [0.29, 0.717) is 19.5 Å². The van der Waals surface area contributed by atoms with Gasteiger partial charge >= 0.3 is 12.3 Å². The Morgan fingerprint density at radius 3 is 2.62 bits per heavy atom. The van der Waals surface area contributed by atoms with Crippen molar-refractivity contribution in [2.24, 2.45) is 0 Å². The number of nitrogens with zero attached hydrogens (tertiary/aromatic N) is 2. The van der Waals surface area contributed by atoms with E-state index in [2.05, 4.69) is 10.3 Å². The second kappa shape index (κ2) is 6.66.